The number of halogens is 1. The lowest BCUT2D eigenvalue weighted by atomic mass is 10.1. The number of hydrogen-bond acceptors (Lipinski definition) is 4. The lowest BCUT2D eigenvalue weighted by Gasteiger charge is -2.11. The molecule has 0 aliphatic heterocycles. The van der Waals surface area contributed by atoms with Gasteiger partial charge in [0.2, 0.25) is 0 Å². The number of nitrogens with two attached hydrogens (primary N) is 1. The molecule has 3 rings (SSSR count). The van der Waals surface area contributed by atoms with Gasteiger partial charge in [0.15, 0.2) is 0 Å². The summed E-state index contributed by atoms with van der Waals surface area (Å²) in [6.45, 7) is 2.69. The minimum absolute atomic E-state index is 0.251. The van der Waals surface area contributed by atoms with E-state index in [0.29, 0.717) is 28.6 Å². The first-order valence-electron chi connectivity index (χ1n) is 8.14. The van der Waals surface area contributed by atoms with Crippen LogP contribution in [-0.4, -0.2) is 10.9 Å². The Bertz CT molecular complexity index is 908. The van der Waals surface area contributed by atoms with Gasteiger partial charge >= 0.3 is 0 Å². The van der Waals surface area contributed by atoms with Gasteiger partial charge in [-0.1, -0.05) is 41.4 Å². The van der Waals surface area contributed by atoms with Crippen LogP contribution in [0, 0.1) is 6.92 Å². The van der Waals surface area contributed by atoms with E-state index in [1.54, 1.807) is 36.4 Å². The summed E-state index contributed by atoms with van der Waals surface area (Å²) < 4.78 is 0. The predicted molar refractivity (Wildman–Crippen MR) is 107 cm³/mol. The monoisotopic (exact) mass is 366 g/mol. The van der Waals surface area contributed by atoms with E-state index in [0.717, 1.165) is 5.56 Å². The van der Waals surface area contributed by atoms with Crippen LogP contribution >= 0.6 is 11.6 Å². The van der Waals surface area contributed by atoms with Gasteiger partial charge in [0.25, 0.3) is 5.91 Å². The van der Waals surface area contributed by atoms with E-state index in [1.807, 2.05) is 0 Å². The summed E-state index contributed by atoms with van der Waals surface area (Å²) in [6, 6.07) is 18.4. The van der Waals surface area contributed by atoms with E-state index in [2.05, 4.69) is 46.8 Å². The fourth-order valence-corrected chi connectivity index (χ4v) is 2.50. The number of nitrogens with zero attached hydrogens (tertiary/aromatic N) is 1. The van der Waals surface area contributed by atoms with E-state index in [-0.39, 0.29) is 11.7 Å². The molecule has 2 aromatic carbocycles. The summed E-state index contributed by atoms with van der Waals surface area (Å²) in [5, 5.41) is 6.55. The maximum absolute atomic E-state index is 12.2. The van der Waals surface area contributed by atoms with Crippen molar-refractivity contribution >= 4 is 34.8 Å². The topological polar surface area (TPSA) is 80.0 Å². The van der Waals surface area contributed by atoms with Gasteiger partial charge in [-0.05, 0) is 48.9 Å². The minimum Gasteiger partial charge on any atom is -0.382 e. The fourth-order valence-electron chi connectivity index (χ4n) is 2.37. The van der Waals surface area contributed by atoms with Gasteiger partial charge in [-0.15, -0.1) is 0 Å². The summed E-state index contributed by atoms with van der Waals surface area (Å²) in [6.07, 6.45) is 0. The number of benzene rings is 2. The Morgan fingerprint density at radius 3 is 2.38 bits per heavy atom. The van der Waals surface area contributed by atoms with Crippen molar-refractivity contribution in [2.75, 3.05) is 16.4 Å². The Morgan fingerprint density at radius 1 is 1.04 bits per heavy atom. The molecular formula is C20H19ClN4O. The molecule has 1 heterocycles. The van der Waals surface area contributed by atoms with E-state index in [4.69, 9.17) is 17.3 Å². The minimum atomic E-state index is -0.268. The largest absolute Gasteiger partial charge is 0.382 e. The molecule has 5 nitrogen and oxygen atoms in total. The molecule has 26 heavy (non-hydrogen) atoms. The highest BCUT2D eigenvalue weighted by Gasteiger charge is 2.09. The molecule has 0 unspecified atom stereocenters. The van der Waals surface area contributed by atoms with Crippen LogP contribution in [-0.2, 0) is 6.54 Å². The molecule has 132 valence electrons. The molecule has 0 aliphatic carbocycles. The molecule has 0 bridgehead atoms. The van der Waals surface area contributed by atoms with Gasteiger partial charge in [0.05, 0.1) is 5.69 Å². The van der Waals surface area contributed by atoms with Crippen LogP contribution in [0.15, 0.2) is 60.7 Å². The van der Waals surface area contributed by atoms with Crippen LogP contribution in [0.3, 0.4) is 0 Å². The zero-order chi connectivity index (χ0) is 18.5. The Kier molecular flexibility index (Phi) is 5.39. The average Bonchev–Trinajstić information content (AvgIpc) is 2.64. The van der Waals surface area contributed by atoms with Crippen molar-refractivity contribution in [1.29, 1.82) is 0 Å². The standard InChI is InChI=1S/C20H19ClN4O/c1-13-2-4-14(5-3-13)12-23-18-11-10-17(19(22)25-18)24-20(26)15-6-8-16(21)9-7-15/h2-11H,12H2,1H3,(H,24,26)(H3,22,23,25). The SMILES string of the molecule is Cc1ccc(CNc2ccc(NC(=O)c3ccc(Cl)cc3)c(N)n2)cc1. The van der Waals surface area contributed by atoms with Crippen LogP contribution in [0.25, 0.3) is 0 Å². The number of carbonyl (C=O) groups is 1. The van der Waals surface area contributed by atoms with Crippen LogP contribution in [0.1, 0.15) is 21.5 Å². The second-order valence-electron chi connectivity index (χ2n) is 5.93. The summed E-state index contributed by atoms with van der Waals surface area (Å²) >= 11 is 5.83. The number of pyridine rings is 1. The van der Waals surface area contributed by atoms with Crippen molar-refractivity contribution in [3.05, 3.63) is 82.4 Å². The van der Waals surface area contributed by atoms with E-state index >= 15 is 0 Å². The average molecular weight is 367 g/mol. The molecule has 0 saturated carbocycles. The molecule has 0 saturated heterocycles. The number of hydrogen-bond donors (Lipinski definition) is 3. The van der Waals surface area contributed by atoms with Gasteiger partial charge < -0.3 is 16.4 Å². The number of aryl methyl sites for hydroxylation is 1. The molecule has 3 aromatic rings. The maximum atomic E-state index is 12.2. The molecule has 0 fully saturated rings. The number of nitrogen functional groups attached to an aromatic ring is 1. The first-order valence-corrected chi connectivity index (χ1v) is 8.52. The van der Waals surface area contributed by atoms with Gasteiger partial charge in [0, 0.05) is 17.1 Å². The van der Waals surface area contributed by atoms with Gasteiger partial charge in [0.1, 0.15) is 11.6 Å². The maximum Gasteiger partial charge on any atom is 0.255 e. The van der Waals surface area contributed by atoms with Crippen LogP contribution in [0.5, 0.6) is 0 Å². The molecular weight excluding hydrogens is 348 g/mol. The number of nitrogens with one attached hydrogen (secondary N) is 2. The lowest BCUT2D eigenvalue weighted by Crippen LogP contribution is -2.14. The Morgan fingerprint density at radius 2 is 1.73 bits per heavy atom. The Labute approximate surface area is 157 Å². The smallest absolute Gasteiger partial charge is 0.255 e. The Balaban J connectivity index is 1.64. The van der Waals surface area contributed by atoms with E-state index in [9.17, 15) is 4.79 Å². The second-order valence-corrected chi connectivity index (χ2v) is 6.37. The van der Waals surface area contributed by atoms with Crippen molar-refractivity contribution in [3.8, 4) is 0 Å². The normalized spacial score (nSPS) is 10.4. The first kappa shape index (κ1) is 17.8. The van der Waals surface area contributed by atoms with Crippen molar-refractivity contribution < 1.29 is 4.79 Å². The zero-order valence-corrected chi connectivity index (χ0v) is 15.0. The first-order chi connectivity index (χ1) is 12.5. The third-order valence-electron chi connectivity index (χ3n) is 3.87. The van der Waals surface area contributed by atoms with E-state index in [1.165, 1.54) is 5.56 Å². The number of amides is 1. The van der Waals surface area contributed by atoms with Crippen LogP contribution < -0.4 is 16.4 Å². The van der Waals surface area contributed by atoms with Crippen molar-refractivity contribution in [2.24, 2.45) is 0 Å². The summed E-state index contributed by atoms with van der Waals surface area (Å²) in [5.41, 5.74) is 9.30. The summed E-state index contributed by atoms with van der Waals surface area (Å²) in [4.78, 5) is 16.5. The highest BCUT2D eigenvalue weighted by atomic mass is 35.5. The van der Waals surface area contributed by atoms with Gasteiger partial charge in [-0.2, -0.15) is 0 Å². The third-order valence-corrected chi connectivity index (χ3v) is 4.13. The summed E-state index contributed by atoms with van der Waals surface area (Å²) in [5.74, 6) is 0.629. The van der Waals surface area contributed by atoms with Crippen LogP contribution in [0.2, 0.25) is 5.02 Å². The predicted octanol–water partition coefficient (Wildman–Crippen LogP) is 4.49. The molecule has 0 spiro atoms. The number of carbonyl (C=O) groups excluding carboxylic acids is 1. The van der Waals surface area contributed by atoms with Gasteiger partial charge in [-0.25, -0.2) is 4.98 Å². The van der Waals surface area contributed by atoms with Crippen molar-refractivity contribution in [1.82, 2.24) is 4.98 Å². The molecule has 6 heteroatoms. The third kappa shape index (κ3) is 4.52. The Hall–Kier alpha value is -3.05. The van der Waals surface area contributed by atoms with Crippen molar-refractivity contribution in [3.63, 3.8) is 0 Å². The molecule has 0 aliphatic rings. The highest BCUT2D eigenvalue weighted by Crippen LogP contribution is 2.20. The van der Waals surface area contributed by atoms with Crippen LogP contribution in [0.4, 0.5) is 17.3 Å². The van der Waals surface area contributed by atoms with Gasteiger partial charge in [-0.3, -0.25) is 4.79 Å². The molecule has 0 radical (unpaired) electrons. The number of aromatic nitrogens is 1. The zero-order valence-electron chi connectivity index (χ0n) is 14.3. The molecule has 0 atom stereocenters. The molecule has 1 aromatic heterocycles. The summed E-state index contributed by atoms with van der Waals surface area (Å²) in [7, 11) is 0. The lowest BCUT2D eigenvalue weighted by molar-refractivity contribution is 0.102. The van der Waals surface area contributed by atoms with Crippen molar-refractivity contribution in [2.45, 2.75) is 13.5 Å². The highest BCUT2D eigenvalue weighted by molar-refractivity contribution is 6.30. The van der Waals surface area contributed by atoms with E-state index < -0.39 is 0 Å². The number of rotatable bonds is 5. The molecule has 1 amide bonds. The molecule has 4 N–H and O–H groups in total. The second kappa shape index (κ2) is 7.89. The number of anilines is 3. The fraction of sp³-hybridized carbons (Fsp3) is 0.100. The quantitative estimate of drug-likeness (QED) is 0.621.